The highest BCUT2D eigenvalue weighted by Gasteiger charge is 2.20. The monoisotopic (exact) mass is 476 g/mol. The average Bonchev–Trinajstić information content (AvgIpc) is 3.32. The Hall–Kier alpha value is -2.94. The van der Waals surface area contributed by atoms with Gasteiger partial charge in [0.2, 0.25) is 0 Å². The molecule has 1 N–H and O–H groups in total. The second-order valence-corrected chi connectivity index (χ2v) is 9.78. The molecule has 1 aromatic carbocycles. The summed E-state index contributed by atoms with van der Waals surface area (Å²) in [6.45, 7) is 8.46. The van der Waals surface area contributed by atoms with Crippen molar-refractivity contribution in [3.63, 3.8) is 0 Å². The molecular formula is C27H36N6O2. The highest BCUT2D eigenvalue weighted by molar-refractivity contribution is 5.98. The molecule has 2 aliphatic rings. The quantitative estimate of drug-likeness (QED) is 0.566. The molecule has 8 heteroatoms. The standard InChI is InChI=1S/C27H36N6O2/c1-30(2)27(34)22-3-5-25-21(19-22)7-12-33(25)26-6-4-24(20-28-26)29-23-8-10-31(11-9-23)13-14-32-15-17-35-18-16-32/h3-7,12,19-20,23,29H,8-11,13-18H2,1-2H3. The summed E-state index contributed by atoms with van der Waals surface area (Å²) >= 11 is 0. The lowest BCUT2D eigenvalue weighted by atomic mass is 10.0. The summed E-state index contributed by atoms with van der Waals surface area (Å²) in [4.78, 5) is 23.7. The second-order valence-electron chi connectivity index (χ2n) is 9.78. The number of rotatable bonds is 7. The van der Waals surface area contributed by atoms with E-state index in [1.165, 1.54) is 0 Å². The van der Waals surface area contributed by atoms with E-state index in [4.69, 9.17) is 9.72 Å². The van der Waals surface area contributed by atoms with Gasteiger partial charge in [-0.3, -0.25) is 9.69 Å². The molecule has 3 aromatic rings. The van der Waals surface area contributed by atoms with E-state index in [0.29, 0.717) is 11.6 Å². The van der Waals surface area contributed by atoms with Crippen LogP contribution < -0.4 is 5.32 Å². The van der Waals surface area contributed by atoms with E-state index in [9.17, 15) is 4.79 Å². The topological polar surface area (TPSA) is 65.9 Å². The molecule has 0 radical (unpaired) electrons. The maximum atomic E-state index is 12.3. The number of likely N-dealkylation sites (tertiary alicyclic amines) is 1. The number of carbonyl (C=O) groups excluding carboxylic acids is 1. The molecule has 0 saturated carbocycles. The molecule has 0 aliphatic carbocycles. The van der Waals surface area contributed by atoms with Gasteiger partial charge in [0.1, 0.15) is 5.82 Å². The molecule has 0 atom stereocenters. The first-order valence-electron chi connectivity index (χ1n) is 12.6. The first-order chi connectivity index (χ1) is 17.1. The van der Waals surface area contributed by atoms with Crippen molar-refractivity contribution in [2.75, 3.05) is 71.9 Å². The van der Waals surface area contributed by atoms with Crippen molar-refractivity contribution in [1.82, 2.24) is 24.3 Å². The normalized spacial score (nSPS) is 18.1. The first kappa shape index (κ1) is 23.8. The number of nitrogens with one attached hydrogen (secondary N) is 1. The smallest absolute Gasteiger partial charge is 0.253 e. The van der Waals surface area contributed by atoms with Gasteiger partial charge in [-0.1, -0.05) is 0 Å². The van der Waals surface area contributed by atoms with Crippen molar-refractivity contribution in [2.45, 2.75) is 18.9 Å². The number of hydrogen-bond acceptors (Lipinski definition) is 6. The summed E-state index contributed by atoms with van der Waals surface area (Å²) in [7, 11) is 3.54. The van der Waals surface area contributed by atoms with E-state index < -0.39 is 0 Å². The molecule has 0 spiro atoms. The molecule has 1 amide bonds. The lowest BCUT2D eigenvalue weighted by Crippen LogP contribution is -2.45. The van der Waals surface area contributed by atoms with Crippen LogP contribution in [0.2, 0.25) is 0 Å². The van der Waals surface area contributed by atoms with Crippen molar-refractivity contribution in [1.29, 1.82) is 0 Å². The fourth-order valence-corrected chi connectivity index (χ4v) is 4.99. The predicted octanol–water partition coefficient (Wildman–Crippen LogP) is 2.94. The van der Waals surface area contributed by atoms with Gasteiger partial charge in [-0.25, -0.2) is 4.98 Å². The molecule has 35 heavy (non-hydrogen) atoms. The fourth-order valence-electron chi connectivity index (χ4n) is 4.99. The first-order valence-corrected chi connectivity index (χ1v) is 12.6. The number of piperidine rings is 1. The number of aromatic nitrogens is 2. The van der Waals surface area contributed by atoms with Gasteiger partial charge in [0, 0.05) is 76.6 Å². The van der Waals surface area contributed by atoms with E-state index in [1.807, 2.05) is 36.7 Å². The van der Waals surface area contributed by atoms with E-state index >= 15 is 0 Å². The minimum Gasteiger partial charge on any atom is -0.381 e. The van der Waals surface area contributed by atoms with E-state index in [0.717, 1.165) is 87.7 Å². The zero-order valence-electron chi connectivity index (χ0n) is 20.8. The van der Waals surface area contributed by atoms with Gasteiger partial charge >= 0.3 is 0 Å². The van der Waals surface area contributed by atoms with Crippen molar-refractivity contribution < 1.29 is 9.53 Å². The van der Waals surface area contributed by atoms with Gasteiger partial charge in [0.15, 0.2) is 0 Å². The predicted molar refractivity (Wildman–Crippen MR) is 139 cm³/mol. The van der Waals surface area contributed by atoms with Gasteiger partial charge < -0.3 is 24.4 Å². The van der Waals surface area contributed by atoms with Crippen LogP contribution in [0.1, 0.15) is 23.2 Å². The lowest BCUT2D eigenvalue weighted by Gasteiger charge is -2.35. The summed E-state index contributed by atoms with van der Waals surface area (Å²) in [5.41, 5.74) is 2.80. The van der Waals surface area contributed by atoms with Crippen molar-refractivity contribution in [3.05, 3.63) is 54.4 Å². The summed E-state index contributed by atoms with van der Waals surface area (Å²) in [6, 6.07) is 12.5. The summed E-state index contributed by atoms with van der Waals surface area (Å²) < 4.78 is 7.51. The molecule has 8 nitrogen and oxygen atoms in total. The number of morpholine rings is 1. The van der Waals surface area contributed by atoms with E-state index in [-0.39, 0.29) is 5.91 Å². The Bertz CT molecular complexity index is 1130. The van der Waals surface area contributed by atoms with Crippen LogP contribution in [0.4, 0.5) is 5.69 Å². The maximum absolute atomic E-state index is 12.3. The number of amides is 1. The van der Waals surface area contributed by atoms with Crippen molar-refractivity contribution >= 4 is 22.5 Å². The largest absolute Gasteiger partial charge is 0.381 e. The Labute approximate surface area is 207 Å². The number of benzene rings is 1. The maximum Gasteiger partial charge on any atom is 0.253 e. The molecule has 4 heterocycles. The van der Waals surface area contributed by atoms with Gasteiger partial charge in [-0.15, -0.1) is 0 Å². The minimum absolute atomic E-state index is 0.0103. The lowest BCUT2D eigenvalue weighted by molar-refractivity contribution is 0.0322. The number of carbonyl (C=O) groups is 1. The minimum atomic E-state index is 0.0103. The SMILES string of the molecule is CN(C)C(=O)c1ccc2c(ccn2-c2ccc(NC3CCN(CCN4CCOCC4)CC3)cn2)c1. The molecule has 5 rings (SSSR count). The molecule has 186 valence electrons. The van der Waals surface area contributed by atoms with E-state index in [2.05, 4.69) is 31.8 Å². The Morgan fingerprint density at radius 2 is 1.77 bits per heavy atom. The summed E-state index contributed by atoms with van der Waals surface area (Å²) in [6.07, 6.45) is 6.24. The Balaban J connectivity index is 1.15. The Kier molecular flexibility index (Phi) is 7.32. The second kappa shape index (κ2) is 10.8. The number of anilines is 1. The van der Waals surface area contributed by atoms with Gasteiger partial charge in [-0.05, 0) is 49.2 Å². The highest BCUT2D eigenvalue weighted by atomic mass is 16.5. The van der Waals surface area contributed by atoms with Crippen molar-refractivity contribution in [3.8, 4) is 5.82 Å². The van der Waals surface area contributed by atoms with Crippen LogP contribution in [-0.2, 0) is 4.74 Å². The number of pyridine rings is 1. The Morgan fingerprint density at radius 1 is 1.03 bits per heavy atom. The van der Waals surface area contributed by atoms with Gasteiger partial charge in [-0.2, -0.15) is 0 Å². The van der Waals surface area contributed by atoms with Gasteiger partial charge in [0.05, 0.1) is 30.6 Å². The summed E-state index contributed by atoms with van der Waals surface area (Å²) in [5.74, 6) is 0.881. The number of nitrogens with zero attached hydrogens (tertiary/aromatic N) is 5. The van der Waals surface area contributed by atoms with Crippen LogP contribution in [0.5, 0.6) is 0 Å². The van der Waals surface area contributed by atoms with Crippen LogP contribution >= 0.6 is 0 Å². The molecule has 2 aromatic heterocycles. The number of fused-ring (bicyclic) bond motifs is 1. The van der Waals surface area contributed by atoms with Gasteiger partial charge in [0.25, 0.3) is 5.91 Å². The highest BCUT2D eigenvalue weighted by Crippen LogP contribution is 2.23. The average molecular weight is 477 g/mol. The fraction of sp³-hybridized carbons (Fsp3) is 0.481. The van der Waals surface area contributed by atoms with E-state index in [1.54, 1.807) is 19.0 Å². The van der Waals surface area contributed by atoms with Crippen LogP contribution in [0.15, 0.2) is 48.8 Å². The summed E-state index contributed by atoms with van der Waals surface area (Å²) in [5, 5.41) is 4.71. The van der Waals surface area contributed by atoms with Crippen LogP contribution in [-0.4, -0.2) is 103 Å². The Morgan fingerprint density at radius 3 is 2.46 bits per heavy atom. The molecule has 2 saturated heterocycles. The zero-order valence-corrected chi connectivity index (χ0v) is 20.8. The van der Waals surface area contributed by atoms with Crippen LogP contribution in [0.25, 0.3) is 16.7 Å². The molecule has 2 fully saturated rings. The third kappa shape index (κ3) is 5.66. The zero-order chi connectivity index (χ0) is 24.2. The third-order valence-electron chi connectivity index (χ3n) is 7.13. The molecular weight excluding hydrogens is 440 g/mol. The number of ether oxygens (including phenoxy) is 1. The molecule has 0 bridgehead atoms. The van der Waals surface area contributed by atoms with Crippen LogP contribution in [0.3, 0.4) is 0 Å². The molecule has 0 unspecified atom stereocenters. The van der Waals surface area contributed by atoms with Crippen LogP contribution in [0, 0.1) is 0 Å². The molecule has 2 aliphatic heterocycles. The number of hydrogen-bond donors (Lipinski definition) is 1. The third-order valence-corrected chi connectivity index (χ3v) is 7.13. The van der Waals surface area contributed by atoms with Crippen molar-refractivity contribution in [2.24, 2.45) is 0 Å².